The Kier molecular flexibility index (Phi) is 7.24. The first-order valence-corrected chi connectivity index (χ1v) is 8.51. The van der Waals surface area contributed by atoms with Gasteiger partial charge in [0.25, 0.3) is 0 Å². The molecule has 25 heavy (non-hydrogen) atoms. The number of hydrogen-bond acceptors (Lipinski definition) is 4. The van der Waals surface area contributed by atoms with Gasteiger partial charge in [0.05, 0.1) is 14.2 Å². The van der Waals surface area contributed by atoms with Gasteiger partial charge in [0.15, 0.2) is 11.5 Å². The van der Waals surface area contributed by atoms with Gasteiger partial charge in [-0.2, -0.15) is 0 Å². The van der Waals surface area contributed by atoms with E-state index in [1.165, 1.54) is 11.3 Å². The Labute approximate surface area is 160 Å². The SMILES string of the molecule is COc1ccc(CN2CCN(c3cccc(Cl)c3)CC2)cc1OC.Cl. The van der Waals surface area contributed by atoms with Crippen molar-refractivity contribution in [2.75, 3.05) is 45.3 Å². The molecular formula is C19H24Cl2N2O2. The maximum Gasteiger partial charge on any atom is 0.161 e. The summed E-state index contributed by atoms with van der Waals surface area (Å²) in [5.41, 5.74) is 2.44. The molecule has 0 N–H and O–H groups in total. The molecule has 1 aliphatic heterocycles. The molecule has 0 amide bonds. The Balaban J connectivity index is 0.00000225. The molecule has 0 aliphatic carbocycles. The fourth-order valence-corrected chi connectivity index (χ4v) is 3.26. The van der Waals surface area contributed by atoms with Gasteiger partial charge in [-0.3, -0.25) is 4.90 Å². The number of benzene rings is 2. The van der Waals surface area contributed by atoms with E-state index in [9.17, 15) is 0 Å². The zero-order chi connectivity index (χ0) is 16.9. The van der Waals surface area contributed by atoms with Gasteiger partial charge in [-0.25, -0.2) is 0 Å². The summed E-state index contributed by atoms with van der Waals surface area (Å²) in [5, 5.41) is 0.792. The van der Waals surface area contributed by atoms with Crippen LogP contribution in [0.15, 0.2) is 42.5 Å². The lowest BCUT2D eigenvalue weighted by Gasteiger charge is -2.36. The average molecular weight is 383 g/mol. The van der Waals surface area contributed by atoms with Crippen LogP contribution in [0.1, 0.15) is 5.56 Å². The molecule has 0 spiro atoms. The van der Waals surface area contributed by atoms with E-state index in [0.29, 0.717) is 0 Å². The predicted octanol–water partition coefficient (Wildman–Crippen LogP) is 4.10. The number of ether oxygens (including phenoxy) is 2. The van der Waals surface area contributed by atoms with E-state index in [4.69, 9.17) is 21.1 Å². The summed E-state index contributed by atoms with van der Waals surface area (Å²) >= 11 is 6.09. The molecular weight excluding hydrogens is 359 g/mol. The van der Waals surface area contributed by atoms with E-state index in [1.807, 2.05) is 24.3 Å². The van der Waals surface area contributed by atoms with Crippen LogP contribution in [0.3, 0.4) is 0 Å². The van der Waals surface area contributed by atoms with Crippen molar-refractivity contribution in [3.63, 3.8) is 0 Å². The molecule has 6 heteroatoms. The van der Waals surface area contributed by atoms with Crippen LogP contribution in [-0.4, -0.2) is 45.3 Å². The maximum atomic E-state index is 6.09. The fraction of sp³-hybridized carbons (Fsp3) is 0.368. The number of methoxy groups -OCH3 is 2. The Morgan fingerprint density at radius 2 is 1.64 bits per heavy atom. The average Bonchev–Trinajstić information content (AvgIpc) is 2.62. The third kappa shape index (κ3) is 4.94. The number of rotatable bonds is 5. The molecule has 1 saturated heterocycles. The number of anilines is 1. The Hall–Kier alpha value is -1.62. The van der Waals surface area contributed by atoms with Gasteiger partial charge in [-0.05, 0) is 35.9 Å². The van der Waals surface area contributed by atoms with Crippen LogP contribution in [0, 0.1) is 0 Å². The molecule has 136 valence electrons. The highest BCUT2D eigenvalue weighted by molar-refractivity contribution is 6.30. The first-order valence-electron chi connectivity index (χ1n) is 8.13. The normalized spacial score (nSPS) is 14.8. The molecule has 4 nitrogen and oxygen atoms in total. The topological polar surface area (TPSA) is 24.9 Å². The van der Waals surface area contributed by atoms with Gasteiger partial charge >= 0.3 is 0 Å². The molecule has 3 rings (SSSR count). The first-order chi connectivity index (χ1) is 11.7. The first kappa shape index (κ1) is 19.7. The van der Waals surface area contributed by atoms with E-state index in [-0.39, 0.29) is 12.4 Å². The van der Waals surface area contributed by atoms with Crippen LogP contribution in [0.5, 0.6) is 11.5 Å². The molecule has 1 heterocycles. The van der Waals surface area contributed by atoms with Gasteiger partial charge in [0, 0.05) is 43.4 Å². The van der Waals surface area contributed by atoms with E-state index in [0.717, 1.165) is 49.2 Å². The number of nitrogens with zero attached hydrogens (tertiary/aromatic N) is 2. The number of halogens is 2. The summed E-state index contributed by atoms with van der Waals surface area (Å²) < 4.78 is 10.7. The molecule has 1 fully saturated rings. The molecule has 0 atom stereocenters. The minimum Gasteiger partial charge on any atom is -0.493 e. The molecule has 0 unspecified atom stereocenters. The standard InChI is InChI=1S/C19H23ClN2O2.ClH/c1-23-18-7-6-15(12-19(18)24-2)14-21-8-10-22(11-9-21)17-5-3-4-16(20)13-17;/h3-7,12-13H,8-11,14H2,1-2H3;1H. The van der Waals surface area contributed by atoms with E-state index < -0.39 is 0 Å². The summed E-state index contributed by atoms with van der Waals surface area (Å²) in [5.74, 6) is 1.56. The lowest BCUT2D eigenvalue weighted by Crippen LogP contribution is -2.45. The molecule has 1 aliphatic rings. The van der Waals surface area contributed by atoms with Crippen molar-refractivity contribution < 1.29 is 9.47 Å². The van der Waals surface area contributed by atoms with Crippen LogP contribution in [0.25, 0.3) is 0 Å². The zero-order valence-electron chi connectivity index (χ0n) is 14.6. The van der Waals surface area contributed by atoms with Crippen LogP contribution < -0.4 is 14.4 Å². The highest BCUT2D eigenvalue weighted by Crippen LogP contribution is 2.28. The van der Waals surface area contributed by atoms with Gasteiger partial charge in [-0.1, -0.05) is 23.7 Å². The highest BCUT2D eigenvalue weighted by atomic mass is 35.5. The Bertz CT molecular complexity index is 689. The van der Waals surface area contributed by atoms with Gasteiger partial charge < -0.3 is 14.4 Å². The molecule has 0 aromatic heterocycles. The quantitative estimate of drug-likeness (QED) is 0.776. The zero-order valence-corrected chi connectivity index (χ0v) is 16.1. The van der Waals surface area contributed by atoms with Crippen molar-refractivity contribution in [1.29, 1.82) is 0 Å². The van der Waals surface area contributed by atoms with E-state index in [1.54, 1.807) is 14.2 Å². The second-order valence-electron chi connectivity index (χ2n) is 5.93. The van der Waals surface area contributed by atoms with Crippen LogP contribution >= 0.6 is 24.0 Å². The molecule has 0 radical (unpaired) electrons. The van der Waals surface area contributed by atoms with Crippen molar-refractivity contribution in [2.45, 2.75) is 6.54 Å². The van der Waals surface area contributed by atoms with Crippen molar-refractivity contribution >= 4 is 29.7 Å². The second-order valence-corrected chi connectivity index (χ2v) is 6.37. The largest absolute Gasteiger partial charge is 0.493 e. The Morgan fingerprint density at radius 1 is 0.920 bits per heavy atom. The van der Waals surface area contributed by atoms with E-state index in [2.05, 4.69) is 28.0 Å². The third-order valence-corrected chi connectivity index (χ3v) is 4.63. The Morgan fingerprint density at radius 3 is 2.28 bits per heavy atom. The number of hydrogen-bond donors (Lipinski definition) is 0. The molecule has 2 aromatic rings. The molecule has 2 aromatic carbocycles. The van der Waals surface area contributed by atoms with Crippen molar-refractivity contribution in [1.82, 2.24) is 4.90 Å². The van der Waals surface area contributed by atoms with Crippen molar-refractivity contribution in [2.24, 2.45) is 0 Å². The lowest BCUT2D eigenvalue weighted by molar-refractivity contribution is 0.249. The van der Waals surface area contributed by atoms with Gasteiger partial charge in [0.2, 0.25) is 0 Å². The summed E-state index contributed by atoms with van der Waals surface area (Å²) in [7, 11) is 3.33. The van der Waals surface area contributed by atoms with E-state index >= 15 is 0 Å². The molecule has 0 saturated carbocycles. The van der Waals surface area contributed by atoms with Crippen LogP contribution in [-0.2, 0) is 6.54 Å². The predicted molar refractivity (Wildman–Crippen MR) is 106 cm³/mol. The summed E-state index contributed by atoms with van der Waals surface area (Å²) in [4.78, 5) is 4.85. The monoisotopic (exact) mass is 382 g/mol. The summed E-state index contributed by atoms with van der Waals surface area (Å²) in [6.45, 7) is 4.99. The van der Waals surface area contributed by atoms with Crippen molar-refractivity contribution in [3.05, 3.63) is 53.1 Å². The smallest absolute Gasteiger partial charge is 0.161 e. The van der Waals surface area contributed by atoms with Crippen LogP contribution in [0.2, 0.25) is 5.02 Å². The van der Waals surface area contributed by atoms with Gasteiger partial charge in [-0.15, -0.1) is 12.4 Å². The van der Waals surface area contributed by atoms with Crippen LogP contribution in [0.4, 0.5) is 5.69 Å². The minimum absolute atomic E-state index is 0. The summed E-state index contributed by atoms with van der Waals surface area (Å²) in [6, 6.07) is 14.2. The maximum absolute atomic E-state index is 6.09. The highest BCUT2D eigenvalue weighted by Gasteiger charge is 2.18. The molecule has 0 bridgehead atoms. The van der Waals surface area contributed by atoms with Gasteiger partial charge in [0.1, 0.15) is 0 Å². The fourth-order valence-electron chi connectivity index (χ4n) is 3.07. The number of piperazine rings is 1. The second kappa shape index (κ2) is 9.18. The third-order valence-electron chi connectivity index (χ3n) is 4.40. The lowest BCUT2D eigenvalue weighted by atomic mass is 10.1. The summed E-state index contributed by atoms with van der Waals surface area (Å²) in [6.07, 6.45) is 0. The minimum atomic E-state index is 0. The van der Waals surface area contributed by atoms with Crippen molar-refractivity contribution in [3.8, 4) is 11.5 Å².